The number of halogens is 1. The molecule has 182 valence electrons. The number of nitrogens with one attached hydrogen (secondary N) is 2. The second-order valence-electron chi connectivity index (χ2n) is 7.27. The Morgan fingerprint density at radius 2 is 1.71 bits per heavy atom. The number of ether oxygens (including phenoxy) is 3. The molecule has 0 aromatic heterocycles. The highest BCUT2D eigenvalue weighted by Crippen LogP contribution is 2.37. The predicted octanol–water partition coefficient (Wildman–Crippen LogP) is 4.09. The van der Waals surface area contributed by atoms with Gasteiger partial charge >= 0.3 is 11.8 Å². The van der Waals surface area contributed by atoms with Crippen LogP contribution in [0.2, 0.25) is 5.02 Å². The number of hydrogen-bond acceptors (Lipinski definition) is 6. The van der Waals surface area contributed by atoms with E-state index in [1.807, 2.05) is 37.3 Å². The Morgan fingerprint density at radius 3 is 2.40 bits per heavy atom. The number of carbonyl (C=O) groups is 2. The lowest BCUT2D eigenvalue weighted by Crippen LogP contribution is -2.37. The molecule has 0 bridgehead atoms. The van der Waals surface area contributed by atoms with E-state index in [1.54, 1.807) is 43.5 Å². The van der Waals surface area contributed by atoms with Gasteiger partial charge < -0.3 is 19.5 Å². The third kappa shape index (κ3) is 7.75. The average molecular weight is 496 g/mol. The van der Waals surface area contributed by atoms with Gasteiger partial charge in [-0.25, -0.2) is 5.43 Å². The van der Waals surface area contributed by atoms with Crippen molar-refractivity contribution in [3.63, 3.8) is 0 Å². The van der Waals surface area contributed by atoms with Crippen molar-refractivity contribution in [2.45, 2.75) is 20.1 Å². The smallest absolute Gasteiger partial charge is 0.329 e. The Bertz CT molecular complexity index is 1170. The van der Waals surface area contributed by atoms with Crippen molar-refractivity contribution in [3.8, 4) is 17.2 Å². The number of nitrogens with zero attached hydrogens (tertiary/aromatic N) is 1. The second-order valence-corrected chi connectivity index (χ2v) is 7.67. The van der Waals surface area contributed by atoms with Crippen molar-refractivity contribution in [1.29, 1.82) is 0 Å². The molecule has 0 aliphatic rings. The molecular formula is C26H26ClN3O5. The highest BCUT2D eigenvalue weighted by Gasteiger charge is 2.14. The Kier molecular flexibility index (Phi) is 9.50. The lowest BCUT2D eigenvalue weighted by Gasteiger charge is -2.14. The third-order valence-electron chi connectivity index (χ3n) is 4.76. The first-order chi connectivity index (χ1) is 17.0. The van der Waals surface area contributed by atoms with Crippen molar-refractivity contribution >= 4 is 29.6 Å². The normalized spacial score (nSPS) is 10.6. The fourth-order valence-corrected chi connectivity index (χ4v) is 3.29. The van der Waals surface area contributed by atoms with Crippen LogP contribution in [0.15, 0.2) is 71.8 Å². The van der Waals surface area contributed by atoms with Crippen LogP contribution >= 0.6 is 11.6 Å². The summed E-state index contributed by atoms with van der Waals surface area (Å²) in [6.07, 6.45) is 1.37. The fourth-order valence-electron chi connectivity index (χ4n) is 3.02. The number of carbonyl (C=O) groups excluding carboxylic acids is 2. The van der Waals surface area contributed by atoms with Crippen LogP contribution in [0.3, 0.4) is 0 Å². The molecule has 0 saturated heterocycles. The second kappa shape index (κ2) is 13.0. The number of rotatable bonds is 10. The minimum absolute atomic E-state index is 0.192. The van der Waals surface area contributed by atoms with Crippen molar-refractivity contribution in [3.05, 3.63) is 88.4 Å². The van der Waals surface area contributed by atoms with Gasteiger partial charge in [-0.05, 0) is 47.9 Å². The summed E-state index contributed by atoms with van der Waals surface area (Å²) < 4.78 is 16.6. The molecule has 2 amide bonds. The Morgan fingerprint density at radius 1 is 0.971 bits per heavy atom. The molecule has 3 aromatic carbocycles. The van der Waals surface area contributed by atoms with E-state index in [4.69, 9.17) is 25.8 Å². The Hall–Kier alpha value is -4.04. The van der Waals surface area contributed by atoms with E-state index in [0.29, 0.717) is 41.0 Å². The van der Waals surface area contributed by atoms with Crippen molar-refractivity contribution < 1.29 is 23.8 Å². The molecule has 0 unspecified atom stereocenters. The van der Waals surface area contributed by atoms with Crippen LogP contribution in [0.5, 0.6) is 17.2 Å². The summed E-state index contributed by atoms with van der Waals surface area (Å²) in [6, 6.07) is 20.1. The molecular weight excluding hydrogens is 470 g/mol. The van der Waals surface area contributed by atoms with E-state index in [-0.39, 0.29) is 6.54 Å². The molecule has 35 heavy (non-hydrogen) atoms. The van der Waals surface area contributed by atoms with Crippen molar-refractivity contribution in [2.75, 3.05) is 13.7 Å². The quantitative estimate of drug-likeness (QED) is 0.251. The average Bonchev–Trinajstić information content (AvgIpc) is 2.87. The molecule has 0 atom stereocenters. The van der Waals surface area contributed by atoms with Gasteiger partial charge in [0.25, 0.3) is 0 Å². The summed E-state index contributed by atoms with van der Waals surface area (Å²) >= 11 is 6.42. The van der Waals surface area contributed by atoms with Crippen molar-refractivity contribution in [1.82, 2.24) is 10.7 Å². The van der Waals surface area contributed by atoms with Gasteiger partial charge in [-0.15, -0.1) is 0 Å². The van der Waals surface area contributed by atoms with Gasteiger partial charge in [-0.1, -0.05) is 54.1 Å². The molecule has 0 fully saturated rings. The van der Waals surface area contributed by atoms with Crippen LogP contribution < -0.4 is 25.0 Å². The summed E-state index contributed by atoms with van der Waals surface area (Å²) in [4.78, 5) is 24.1. The van der Waals surface area contributed by atoms with E-state index in [9.17, 15) is 9.59 Å². The van der Waals surface area contributed by atoms with Gasteiger partial charge in [-0.2, -0.15) is 5.10 Å². The van der Waals surface area contributed by atoms with Crippen LogP contribution in [0.25, 0.3) is 0 Å². The van der Waals surface area contributed by atoms with Crippen LogP contribution in [-0.4, -0.2) is 31.7 Å². The zero-order valence-electron chi connectivity index (χ0n) is 19.4. The maximum atomic E-state index is 12.0. The first kappa shape index (κ1) is 25.6. The first-order valence-corrected chi connectivity index (χ1v) is 11.2. The minimum Gasteiger partial charge on any atom is -0.497 e. The summed E-state index contributed by atoms with van der Waals surface area (Å²) in [6.45, 7) is 2.78. The lowest BCUT2D eigenvalue weighted by atomic mass is 10.2. The number of methoxy groups -OCH3 is 1. The predicted molar refractivity (Wildman–Crippen MR) is 134 cm³/mol. The topological polar surface area (TPSA) is 98.2 Å². The highest BCUT2D eigenvalue weighted by molar-refractivity contribution is 6.35. The van der Waals surface area contributed by atoms with Crippen LogP contribution in [0.1, 0.15) is 23.6 Å². The number of hydrazone groups is 1. The molecule has 0 spiro atoms. The lowest BCUT2D eigenvalue weighted by molar-refractivity contribution is -0.139. The van der Waals surface area contributed by atoms with Gasteiger partial charge in [0.2, 0.25) is 0 Å². The van der Waals surface area contributed by atoms with Gasteiger partial charge in [0, 0.05) is 6.54 Å². The van der Waals surface area contributed by atoms with Crippen LogP contribution in [0.4, 0.5) is 0 Å². The SMILES string of the molecule is CCOc1cc(/C=N\NC(=O)C(=O)NCc2ccc(OC)cc2)cc(Cl)c1OCc1ccccc1. The van der Waals surface area contributed by atoms with Crippen molar-refractivity contribution in [2.24, 2.45) is 5.10 Å². The van der Waals surface area contributed by atoms with E-state index in [2.05, 4.69) is 15.8 Å². The standard InChI is InChI=1S/C26H26ClN3O5/c1-3-34-23-14-20(13-22(27)24(23)35-17-19-7-5-4-6-8-19)16-29-30-26(32)25(31)28-15-18-9-11-21(33-2)12-10-18/h4-14,16H,3,15,17H2,1-2H3,(H,28,31)(H,30,32)/b29-16-. The number of hydrogen-bond donors (Lipinski definition) is 2. The first-order valence-electron chi connectivity index (χ1n) is 10.9. The molecule has 9 heteroatoms. The summed E-state index contributed by atoms with van der Waals surface area (Å²) in [5.74, 6) is -0.141. The Labute approximate surface area is 208 Å². The van der Waals surface area contributed by atoms with E-state index < -0.39 is 11.8 Å². The zero-order valence-corrected chi connectivity index (χ0v) is 20.2. The summed E-state index contributed by atoms with van der Waals surface area (Å²) in [7, 11) is 1.57. The molecule has 0 aliphatic carbocycles. The van der Waals surface area contributed by atoms with Gasteiger partial charge in [0.15, 0.2) is 11.5 Å². The number of amides is 2. The minimum atomic E-state index is -0.895. The van der Waals surface area contributed by atoms with E-state index in [1.165, 1.54) is 6.21 Å². The van der Waals surface area contributed by atoms with Crippen LogP contribution in [-0.2, 0) is 22.7 Å². The van der Waals surface area contributed by atoms with E-state index >= 15 is 0 Å². The molecule has 2 N–H and O–H groups in total. The maximum absolute atomic E-state index is 12.0. The summed E-state index contributed by atoms with van der Waals surface area (Å²) in [5.41, 5.74) is 4.57. The van der Waals surface area contributed by atoms with Gasteiger partial charge in [-0.3, -0.25) is 9.59 Å². The third-order valence-corrected chi connectivity index (χ3v) is 5.04. The molecule has 3 aromatic rings. The van der Waals surface area contributed by atoms with Gasteiger partial charge in [0.1, 0.15) is 12.4 Å². The molecule has 0 radical (unpaired) electrons. The number of benzene rings is 3. The molecule has 0 heterocycles. The van der Waals surface area contributed by atoms with Crippen LogP contribution in [0, 0.1) is 0 Å². The molecule has 0 saturated carbocycles. The Balaban J connectivity index is 1.57. The summed E-state index contributed by atoms with van der Waals surface area (Å²) in [5, 5.41) is 6.71. The van der Waals surface area contributed by atoms with E-state index in [0.717, 1.165) is 11.1 Å². The fraction of sp³-hybridized carbons (Fsp3) is 0.192. The molecule has 3 rings (SSSR count). The monoisotopic (exact) mass is 495 g/mol. The highest BCUT2D eigenvalue weighted by atomic mass is 35.5. The zero-order chi connectivity index (χ0) is 25.0. The largest absolute Gasteiger partial charge is 0.497 e. The molecule has 0 aliphatic heterocycles. The molecule has 8 nitrogen and oxygen atoms in total. The maximum Gasteiger partial charge on any atom is 0.329 e. The van der Waals surface area contributed by atoms with Gasteiger partial charge in [0.05, 0.1) is 25.0 Å².